The topological polar surface area (TPSA) is 51.7 Å². The van der Waals surface area contributed by atoms with Crippen molar-refractivity contribution in [3.63, 3.8) is 0 Å². The number of ether oxygens (including phenoxy) is 2. The molecule has 0 radical (unpaired) electrons. The van der Waals surface area contributed by atoms with Gasteiger partial charge in [-0.15, -0.1) is 0 Å². The van der Waals surface area contributed by atoms with Gasteiger partial charge in [0.1, 0.15) is 17.3 Å². The molecule has 0 N–H and O–H groups in total. The summed E-state index contributed by atoms with van der Waals surface area (Å²) >= 11 is 0. The standard InChI is InChI=1S/C26H27FN2O3/c1-31-22-13-8-14-23(32-2)25(22)21-12-3-4-15-24(30)29(21)17-18-9-7-10-19(26(18)27)20-11-5-6-16-28-20/h5-11,13-14,16,21H,3-4,12,15,17H2,1-2H3. The number of benzene rings is 2. The first-order valence-corrected chi connectivity index (χ1v) is 10.8. The second kappa shape index (κ2) is 9.81. The van der Waals surface area contributed by atoms with Crippen molar-refractivity contribution in [1.29, 1.82) is 0 Å². The third-order valence-electron chi connectivity index (χ3n) is 5.97. The maximum absolute atomic E-state index is 15.5. The number of methoxy groups -OCH3 is 2. The number of nitrogens with zero attached hydrogens (tertiary/aromatic N) is 2. The van der Waals surface area contributed by atoms with Crippen LogP contribution in [0.1, 0.15) is 42.9 Å². The maximum atomic E-state index is 15.5. The molecule has 4 rings (SSSR count). The zero-order valence-corrected chi connectivity index (χ0v) is 18.4. The summed E-state index contributed by atoms with van der Waals surface area (Å²) in [4.78, 5) is 19.2. The van der Waals surface area contributed by atoms with Crippen molar-refractivity contribution in [2.45, 2.75) is 38.3 Å². The van der Waals surface area contributed by atoms with E-state index in [9.17, 15) is 4.79 Å². The van der Waals surface area contributed by atoms with Crippen LogP contribution in [0.5, 0.6) is 11.5 Å². The lowest BCUT2D eigenvalue weighted by Gasteiger charge is -2.32. The lowest BCUT2D eigenvalue weighted by Crippen LogP contribution is -2.33. The molecule has 166 valence electrons. The average molecular weight is 435 g/mol. The highest BCUT2D eigenvalue weighted by Crippen LogP contribution is 2.42. The fourth-order valence-electron chi connectivity index (χ4n) is 4.40. The second-order valence-electron chi connectivity index (χ2n) is 7.85. The summed E-state index contributed by atoms with van der Waals surface area (Å²) in [6.07, 6.45) is 4.54. The number of hydrogen-bond acceptors (Lipinski definition) is 4. The van der Waals surface area contributed by atoms with Gasteiger partial charge in [-0.3, -0.25) is 9.78 Å². The van der Waals surface area contributed by atoms with Gasteiger partial charge in [0, 0.05) is 30.3 Å². The van der Waals surface area contributed by atoms with Crippen LogP contribution in [-0.2, 0) is 11.3 Å². The number of carbonyl (C=O) groups excluding carboxylic acids is 1. The van der Waals surface area contributed by atoms with Crippen LogP contribution < -0.4 is 9.47 Å². The number of rotatable bonds is 6. The number of aromatic nitrogens is 1. The molecule has 0 bridgehead atoms. The Balaban J connectivity index is 1.76. The Labute approximate surface area is 187 Å². The molecular formula is C26H27FN2O3. The molecule has 6 heteroatoms. The Kier molecular flexibility index (Phi) is 6.69. The van der Waals surface area contributed by atoms with E-state index in [2.05, 4.69) is 4.98 Å². The largest absolute Gasteiger partial charge is 0.496 e. The van der Waals surface area contributed by atoms with E-state index in [4.69, 9.17) is 9.47 Å². The molecule has 0 aliphatic carbocycles. The summed E-state index contributed by atoms with van der Waals surface area (Å²) in [6, 6.07) is 16.0. The number of amides is 1. The number of pyridine rings is 1. The van der Waals surface area contributed by atoms with E-state index in [1.807, 2.05) is 30.3 Å². The van der Waals surface area contributed by atoms with Gasteiger partial charge in [-0.2, -0.15) is 0 Å². The molecule has 1 aromatic heterocycles. The van der Waals surface area contributed by atoms with Crippen molar-refractivity contribution in [3.05, 3.63) is 77.7 Å². The Bertz CT molecular complexity index is 1070. The summed E-state index contributed by atoms with van der Waals surface area (Å²) < 4.78 is 26.8. The van der Waals surface area contributed by atoms with E-state index >= 15 is 4.39 Å². The Morgan fingerprint density at radius 3 is 2.44 bits per heavy atom. The Hall–Kier alpha value is -3.41. The van der Waals surface area contributed by atoms with Crippen LogP contribution in [-0.4, -0.2) is 30.0 Å². The summed E-state index contributed by atoms with van der Waals surface area (Å²) in [6.45, 7) is 0.164. The summed E-state index contributed by atoms with van der Waals surface area (Å²) in [7, 11) is 3.22. The molecule has 2 aromatic carbocycles. The average Bonchev–Trinajstić information content (AvgIpc) is 3.01. The van der Waals surface area contributed by atoms with E-state index in [-0.39, 0.29) is 24.3 Å². The second-order valence-corrected chi connectivity index (χ2v) is 7.85. The van der Waals surface area contributed by atoms with Crippen molar-refractivity contribution in [3.8, 4) is 22.8 Å². The van der Waals surface area contributed by atoms with Crippen molar-refractivity contribution in [2.75, 3.05) is 14.2 Å². The molecule has 0 saturated carbocycles. The van der Waals surface area contributed by atoms with Crippen molar-refractivity contribution < 1.29 is 18.7 Å². The van der Waals surface area contributed by atoms with Crippen LogP contribution in [0.15, 0.2) is 60.8 Å². The predicted octanol–water partition coefficient (Wildman–Crippen LogP) is 5.55. The minimum atomic E-state index is -0.353. The molecule has 1 fully saturated rings. The molecular weight excluding hydrogens is 407 g/mol. The number of halogens is 1. The minimum Gasteiger partial charge on any atom is -0.496 e. The predicted molar refractivity (Wildman–Crippen MR) is 121 cm³/mol. The molecule has 1 atom stereocenters. The van der Waals surface area contributed by atoms with Crippen LogP contribution in [0.4, 0.5) is 4.39 Å². The van der Waals surface area contributed by atoms with E-state index in [0.717, 1.165) is 24.8 Å². The van der Waals surface area contributed by atoms with Crippen LogP contribution in [0, 0.1) is 5.82 Å². The van der Waals surface area contributed by atoms with Gasteiger partial charge in [-0.05, 0) is 43.2 Å². The lowest BCUT2D eigenvalue weighted by atomic mass is 9.97. The molecule has 2 heterocycles. The zero-order valence-electron chi connectivity index (χ0n) is 18.4. The molecule has 5 nitrogen and oxygen atoms in total. The molecule has 0 spiro atoms. The first-order chi connectivity index (χ1) is 15.6. The van der Waals surface area contributed by atoms with Gasteiger partial charge < -0.3 is 14.4 Å². The normalized spacial score (nSPS) is 16.5. The number of hydrogen-bond donors (Lipinski definition) is 0. The smallest absolute Gasteiger partial charge is 0.223 e. The molecule has 1 amide bonds. The van der Waals surface area contributed by atoms with E-state index in [1.54, 1.807) is 49.6 Å². The van der Waals surface area contributed by atoms with Gasteiger partial charge in [0.05, 0.1) is 31.5 Å². The SMILES string of the molecule is COc1cccc(OC)c1C1CCCCC(=O)N1Cc1cccc(-c2ccccn2)c1F. The monoisotopic (exact) mass is 434 g/mol. The molecule has 1 aliphatic rings. The lowest BCUT2D eigenvalue weighted by molar-refractivity contribution is -0.133. The highest BCUT2D eigenvalue weighted by Gasteiger charge is 2.32. The molecule has 1 saturated heterocycles. The zero-order chi connectivity index (χ0) is 22.5. The Morgan fingerprint density at radius 2 is 1.75 bits per heavy atom. The van der Waals surface area contributed by atoms with Crippen molar-refractivity contribution in [2.24, 2.45) is 0 Å². The minimum absolute atomic E-state index is 0.00287. The van der Waals surface area contributed by atoms with Crippen LogP contribution in [0.25, 0.3) is 11.3 Å². The first kappa shape index (κ1) is 21.8. The van der Waals surface area contributed by atoms with Gasteiger partial charge in [0.15, 0.2) is 0 Å². The third kappa shape index (κ3) is 4.31. The quantitative estimate of drug-likeness (QED) is 0.511. The fraction of sp³-hybridized carbons (Fsp3) is 0.308. The third-order valence-corrected chi connectivity index (χ3v) is 5.97. The Morgan fingerprint density at radius 1 is 1.00 bits per heavy atom. The van der Waals surface area contributed by atoms with Gasteiger partial charge in [-0.25, -0.2) is 4.39 Å². The van der Waals surface area contributed by atoms with Crippen LogP contribution in [0.3, 0.4) is 0 Å². The van der Waals surface area contributed by atoms with Gasteiger partial charge in [0.2, 0.25) is 5.91 Å². The van der Waals surface area contributed by atoms with E-state index < -0.39 is 0 Å². The first-order valence-electron chi connectivity index (χ1n) is 10.8. The van der Waals surface area contributed by atoms with Crippen molar-refractivity contribution >= 4 is 5.91 Å². The van der Waals surface area contributed by atoms with Gasteiger partial charge in [0.25, 0.3) is 0 Å². The fourth-order valence-corrected chi connectivity index (χ4v) is 4.40. The summed E-state index contributed by atoms with van der Waals surface area (Å²) in [5.74, 6) is 0.977. The van der Waals surface area contributed by atoms with Crippen LogP contribution >= 0.6 is 0 Å². The summed E-state index contributed by atoms with van der Waals surface area (Å²) in [5.41, 5.74) is 2.28. The molecule has 1 unspecified atom stereocenters. The van der Waals surface area contributed by atoms with Crippen molar-refractivity contribution in [1.82, 2.24) is 9.88 Å². The number of likely N-dealkylation sites (tertiary alicyclic amines) is 1. The molecule has 32 heavy (non-hydrogen) atoms. The highest BCUT2D eigenvalue weighted by molar-refractivity contribution is 5.77. The summed E-state index contributed by atoms with van der Waals surface area (Å²) in [5, 5.41) is 0. The van der Waals surface area contributed by atoms with Crippen LogP contribution in [0.2, 0.25) is 0 Å². The van der Waals surface area contributed by atoms with Gasteiger partial charge in [-0.1, -0.05) is 30.7 Å². The van der Waals surface area contributed by atoms with Gasteiger partial charge >= 0.3 is 0 Å². The molecule has 3 aromatic rings. The van der Waals surface area contributed by atoms with E-state index in [0.29, 0.717) is 34.7 Å². The number of carbonyl (C=O) groups is 1. The highest BCUT2D eigenvalue weighted by atomic mass is 19.1. The molecule has 1 aliphatic heterocycles. The van der Waals surface area contributed by atoms with E-state index in [1.165, 1.54) is 0 Å². The maximum Gasteiger partial charge on any atom is 0.223 e.